The molecule has 0 radical (unpaired) electrons. The first-order valence-electron chi connectivity index (χ1n) is 13.8. The van der Waals surface area contributed by atoms with E-state index in [1.165, 1.54) is 14.2 Å². The van der Waals surface area contributed by atoms with Crippen LogP contribution in [0.3, 0.4) is 0 Å². The highest BCUT2D eigenvalue weighted by atomic mass is 16.5. The number of methoxy groups -OCH3 is 2. The van der Waals surface area contributed by atoms with Crippen molar-refractivity contribution in [1.29, 1.82) is 0 Å². The summed E-state index contributed by atoms with van der Waals surface area (Å²) >= 11 is 0. The number of carbonyl (C=O) groups is 3. The fraction of sp³-hybridized carbons (Fsp3) is 0.500. The van der Waals surface area contributed by atoms with E-state index in [1.54, 1.807) is 41.3 Å². The highest BCUT2D eigenvalue weighted by Gasteiger charge is 2.41. The quantitative estimate of drug-likeness (QED) is 0.446. The summed E-state index contributed by atoms with van der Waals surface area (Å²) in [5.74, 6) is -1.28. The van der Waals surface area contributed by atoms with Gasteiger partial charge in [-0.2, -0.15) is 0 Å². The second kappa shape index (κ2) is 12.9. The van der Waals surface area contributed by atoms with E-state index in [0.29, 0.717) is 24.1 Å². The van der Waals surface area contributed by atoms with Gasteiger partial charge in [-0.3, -0.25) is 14.4 Å². The number of nitrogens with two attached hydrogens (primary N) is 1. The second-order valence-corrected chi connectivity index (χ2v) is 10.4. The van der Waals surface area contributed by atoms with Crippen LogP contribution in [0.25, 0.3) is 0 Å². The summed E-state index contributed by atoms with van der Waals surface area (Å²) in [4.78, 5) is 41.9. The topological polar surface area (TPSA) is 131 Å². The van der Waals surface area contributed by atoms with Crippen molar-refractivity contribution in [1.82, 2.24) is 10.2 Å². The number of primary amides is 1. The smallest absolute Gasteiger partial charge is 0.244 e. The number of rotatable bonds is 9. The van der Waals surface area contributed by atoms with Crippen LogP contribution in [-0.4, -0.2) is 54.5 Å². The minimum Gasteiger partial charge on any atom is -0.502 e. The highest BCUT2D eigenvalue weighted by molar-refractivity contribution is 5.94. The molecular weight excluding hydrogens is 498 g/mol. The van der Waals surface area contributed by atoms with Gasteiger partial charge in [-0.25, -0.2) is 0 Å². The summed E-state index contributed by atoms with van der Waals surface area (Å²) in [6.07, 6.45) is 7.05. The number of benzene rings is 2. The predicted octanol–water partition coefficient (Wildman–Crippen LogP) is 3.80. The third-order valence-corrected chi connectivity index (χ3v) is 8.04. The Hall–Kier alpha value is -3.75. The standard InChI is InChI=1S/C30H39N3O6/c1-38-23-17-21(18-24(39-2)27(23)34)25(19-11-5-3-6-12-19)30(37)33-16-10-9-15-22(33)29(36)32-26(28(31)35)20-13-7-4-8-14-20/h4,7-8,13-14,17-19,22,25-26,34H,3,5-6,9-12,15-16H2,1-2H3,(H2,31,35)(H,32,36)/t22-,25-,26-/m0/s1. The average Bonchev–Trinajstić information content (AvgIpc) is 2.97. The SMILES string of the molecule is COc1cc([C@@H](C(=O)N2CCCC[C@H]2C(=O)N[C@H](C(N)=O)c2ccccc2)C2CCCCC2)cc(OC)c1O. The molecule has 1 saturated heterocycles. The van der Waals surface area contributed by atoms with Crippen LogP contribution in [0.1, 0.15) is 74.5 Å². The lowest BCUT2D eigenvalue weighted by Gasteiger charge is -2.40. The van der Waals surface area contributed by atoms with Gasteiger partial charge < -0.3 is 30.5 Å². The average molecular weight is 538 g/mol. The minimum atomic E-state index is -0.989. The highest BCUT2D eigenvalue weighted by Crippen LogP contribution is 2.44. The molecule has 3 atom stereocenters. The van der Waals surface area contributed by atoms with Crippen LogP contribution in [0.2, 0.25) is 0 Å². The molecule has 1 aliphatic carbocycles. The van der Waals surface area contributed by atoms with Crippen LogP contribution in [0.4, 0.5) is 0 Å². The number of piperidine rings is 1. The Labute approximate surface area is 229 Å². The van der Waals surface area contributed by atoms with Crippen molar-refractivity contribution in [3.05, 3.63) is 53.6 Å². The van der Waals surface area contributed by atoms with Gasteiger partial charge in [0.1, 0.15) is 12.1 Å². The molecule has 0 bridgehead atoms. The number of nitrogens with zero attached hydrogens (tertiary/aromatic N) is 1. The number of ether oxygens (including phenoxy) is 2. The van der Waals surface area contributed by atoms with Crippen LogP contribution in [0.5, 0.6) is 17.2 Å². The summed E-state index contributed by atoms with van der Waals surface area (Å²) in [5.41, 5.74) is 6.94. The number of amides is 3. The van der Waals surface area contributed by atoms with E-state index >= 15 is 0 Å². The first-order chi connectivity index (χ1) is 18.8. The van der Waals surface area contributed by atoms with E-state index in [1.807, 2.05) is 6.07 Å². The molecule has 1 aliphatic heterocycles. The van der Waals surface area contributed by atoms with Crippen molar-refractivity contribution in [2.75, 3.05) is 20.8 Å². The van der Waals surface area contributed by atoms with Crippen molar-refractivity contribution in [3.8, 4) is 17.2 Å². The summed E-state index contributed by atoms with van der Waals surface area (Å²) in [7, 11) is 2.92. The van der Waals surface area contributed by atoms with Crippen molar-refractivity contribution in [3.63, 3.8) is 0 Å². The third-order valence-electron chi connectivity index (χ3n) is 8.04. The molecule has 9 heteroatoms. The summed E-state index contributed by atoms with van der Waals surface area (Å²) < 4.78 is 10.8. The summed E-state index contributed by atoms with van der Waals surface area (Å²) in [5, 5.41) is 13.3. The first-order valence-corrected chi connectivity index (χ1v) is 13.8. The van der Waals surface area contributed by atoms with E-state index < -0.39 is 23.9 Å². The predicted molar refractivity (Wildman–Crippen MR) is 146 cm³/mol. The van der Waals surface area contributed by atoms with E-state index in [-0.39, 0.29) is 35.0 Å². The number of phenolic OH excluding ortho intramolecular Hbond substituents is 1. The number of carbonyl (C=O) groups excluding carboxylic acids is 3. The Morgan fingerprint density at radius 2 is 1.54 bits per heavy atom. The summed E-state index contributed by atoms with van der Waals surface area (Å²) in [6.45, 7) is 0.444. The number of hydrogen-bond acceptors (Lipinski definition) is 6. The van der Waals surface area contributed by atoms with Crippen molar-refractivity contribution >= 4 is 17.7 Å². The molecular formula is C30H39N3O6. The van der Waals surface area contributed by atoms with E-state index in [4.69, 9.17) is 15.2 Å². The zero-order valence-electron chi connectivity index (χ0n) is 22.7. The van der Waals surface area contributed by atoms with Gasteiger partial charge in [-0.05, 0) is 61.3 Å². The van der Waals surface area contributed by atoms with Gasteiger partial charge in [0.15, 0.2) is 11.5 Å². The Kier molecular flexibility index (Phi) is 9.32. The Bertz CT molecular complexity index is 1140. The lowest BCUT2D eigenvalue weighted by Crippen LogP contribution is -2.55. The van der Waals surface area contributed by atoms with E-state index in [0.717, 1.165) is 44.9 Å². The normalized spacial score (nSPS) is 19.5. The number of likely N-dealkylation sites (tertiary alicyclic amines) is 1. The van der Waals surface area contributed by atoms with Crippen LogP contribution in [0, 0.1) is 5.92 Å². The maximum atomic E-state index is 14.4. The summed E-state index contributed by atoms with van der Waals surface area (Å²) in [6, 6.07) is 10.6. The molecule has 9 nitrogen and oxygen atoms in total. The molecule has 0 aromatic heterocycles. The van der Waals surface area contributed by atoms with Gasteiger partial charge in [-0.1, -0.05) is 49.6 Å². The van der Waals surface area contributed by atoms with Gasteiger partial charge in [0.05, 0.1) is 20.1 Å². The molecule has 0 spiro atoms. The number of hydrogen-bond donors (Lipinski definition) is 3. The molecule has 39 heavy (non-hydrogen) atoms. The number of nitrogens with one attached hydrogen (secondary N) is 1. The monoisotopic (exact) mass is 537 g/mol. The van der Waals surface area contributed by atoms with Crippen LogP contribution in [0.15, 0.2) is 42.5 Å². The molecule has 0 unspecified atom stereocenters. The third kappa shape index (κ3) is 6.29. The molecule has 1 saturated carbocycles. The van der Waals surface area contributed by atoms with Crippen molar-refractivity contribution < 1.29 is 29.0 Å². The van der Waals surface area contributed by atoms with Crippen LogP contribution >= 0.6 is 0 Å². The molecule has 1 heterocycles. The zero-order valence-corrected chi connectivity index (χ0v) is 22.7. The van der Waals surface area contributed by atoms with Gasteiger partial charge >= 0.3 is 0 Å². The van der Waals surface area contributed by atoms with Gasteiger partial charge in [0, 0.05) is 6.54 Å². The largest absolute Gasteiger partial charge is 0.502 e. The zero-order chi connectivity index (χ0) is 27.9. The van der Waals surface area contributed by atoms with Crippen LogP contribution < -0.4 is 20.5 Å². The number of phenols is 1. The molecule has 2 aromatic rings. The van der Waals surface area contributed by atoms with Crippen LogP contribution in [-0.2, 0) is 14.4 Å². The van der Waals surface area contributed by atoms with E-state index in [9.17, 15) is 19.5 Å². The Balaban J connectivity index is 1.66. The van der Waals surface area contributed by atoms with E-state index in [2.05, 4.69) is 5.32 Å². The molecule has 2 aromatic carbocycles. The first kappa shape index (κ1) is 28.3. The Morgan fingerprint density at radius 3 is 2.13 bits per heavy atom. The lowest BCUT2D eigenvalue weighted by atomic mass is 9.75. The minimum absolute atomic E-state index is 0.0820. The molecule has 3 amide bonds. The lowest BCUT2D eigenvalue weighted by molar-refractivity contribution is -0.145. The molecule has 210 valence electrons. The molecule has 4 N–H and O–H groups in total. The van der Waals surface area contributed by atoms with Gasteiger partial charge in [-0.15, -0.1) is 0 Å². The molecule has 2 aliphatic rings. The Morgan fingerprint density at radius 1 is 0.923 bits per heavy atom. The number of aromatic hydroxyl groups is 1. The van der Waals surface area contributed by atoms with Crippen molar-refractivity contribution in [2.24, 2.45) is 11.7 Å². The fourth-order valence-electron chi connectivity index (χ4n) is 6.03. The maximum absolute atomic E-state index is 14.4. The van der Waals surface area contributed by atoms with Crippen molar-refractivity contribution in [2.45, 2.75) is 69.4 Å². The van der Waals surface area contributed by atoms with Gasteiger partial charge in [0.25, 0.3) is 0 Å². The fourth-order valence-corrected chi connectivity index (χ4v) is 6.03. The van der Waals surface area contributed by atoms with Gasteiger partial charge in [0.2, 0.25) is 23.5 Å². The second-order valence-electron chi connectivity index (χ2n) is 10.4. The molecule has 2 fully saturated rings. The maximum Gasteiger partial charge on any atom is 0.244 e. The molecule has 4 rings (SSSR count).